The maximum atomic E-state index is 6.60. The standard InChI is InChI=1S/C21H42OSi3/c1-10-24(11-2,12-3)19-16-17-20(22-23(7,8)9)21(18-19)25(13-4,14-5)15-6/h16-18H,10-15H2,1-9H3. The molecule has 0 radical (unpaired) electrons. The lowest BCUT2D eigenvalue weighted by Gasteiger charge is -2.36. The van der Waals surface area contributed by atoms with Gasteiger partial charge in [0.05, 0.1) is 16.1 Å². The molecule has 0 bridgehead atoms. The molecule has 1 rings (SSSR count). The van der Waals surface area contributed by atoms with E-state index in [4.69, 9.17) is 4.43 Å². The van der Waals surface area contributed by atoms with Crippen LogP contribution < -0.4 is 14.8 Å². The first-order valence-electron chi connectivity index (χ1n) is 10.5. The number of benzene rings is 1. The van der Waals surface area contributed by atoms with Crippen LogP contribution in [0.5, 0.6) is 5.75 Å². The summed E-state index contributed by atoms with van der Waals surface area (Å²) in [4.78, 5) is 0. The Labute approximate surface area is 160 Å². The number of rotatable bonds is 10. The molecule has 0 atom stereocenters. The minimum absolute atomic E-state index is 1.23. The average molecular weight is 395 g/mol. The van der Waals surface area contributed by atoms with Gasteiger partial charge in [0.15, 0.2) is 0 Å². The Bertz CT molecular complexity index is 524. The van der Waals surface area contributed by atoms with Crippen LogP contribution in [0.4, 0.5) is 0 Å². The van der Waals surface area contributed by atoms with Gasteiger partial charge in [-0.1, -0.05) is 95.1 Å². The summed E-state index contributed by atoms with van der Waals surface area (Å²) in [5, 5.41) is 3.32. The molecular weight excluding hydrogens is 352 g/mol. The van der Waals surface area contributed by atoms with Crippen molar-refractivity contribution >= 4 is 34.8 Å². The summed E-state index contributed by atoms with van der Waals surface area (Å²) in [7, 11) is -4.41. The van der Waals surface area contributed by atoms with E-state index >= 15 is 0 Å². The Morgan fingerprint density at radius 3 is 1.48 bits per heavy atom. The normalized spacial score (nSPS) is 13.2. The molecule has 1 aromatic rings. The first kappa shape index (κ1) is 22.7. The van der Waals surface area contributed by atoms with E-state index in [1.54, 1.807) is 10.4 Å². The van der Waals surface area contributed by atoms with Crippen molar-refractivity contribution in [2.45, 2.75) is 97.4 Å². The van der Waals surface area contributed by atoms with Gasteiger partial charge >= 0.3 is 0 Å². The van der Waals surface area contributed by atoms with E-state index < -0.39 is 24.5 Å². The monoisotopic (exact) mass is 394 g/mol. The van der Waals surface area contributed by atoms with Crippen molar-refractivity contribution in [1.29, 1.82) is 0 Å². The number of hydrogen-bond acceptors (Lipinski definition) is 1. The highest BCUT2D eigenvalue weighted by Crippen LogP contribution is 2.28. The maximum absolute atomic E-state index is 6.60. The van der Waals surface area contributed by atoms with Gasteiger partial charge in [0.1, 0.15) is 5.75 Å². The quantitative estimate of drug-likeness (QED) is 0.421. The fourth-order valence-corrected chi connectivity index (χ4v) is 12.8. The van der Waals surface area contributed by atoms with Gasteiger partial charge in [-0.3, -0.25) is 0 Å². The summed E-state index contributed by atoms with van der Waals surface area (Å²) in [6.45, 7) is 21.4. The van der Waals surface area contributed by atoms with Crippen molar-refractivity contribution in [3.8, 4) is 5.75 Å². The SMILES string of the molecule is CC[Si](CC)(CC)c1ccc(O[Si](C)(C)C)c([Si](CC)(CC)CC)c1. The topological polar surface area (TPSA) is 9.23 Å². The summed E-state index contributed by atoms with van der Waals surface area (Å²) >= 11 is 0. The Hall–Kier alpha value is -0.329. The van der Waals surface area contributed by atoms with Crippen molar-refractivity contribution in [3.63, 3.8) is 0 Å². The van der Waals surface area contributed by atoms with Gasteiger partial charge in [-0.2, -0.15) is 0 Å². The zero-order chi connectivity index (χ0) is 19.3. The Kier molecular flexibility index (Phi) is 8.22. The van der Waals surface area contributed by atoms with Crippen LogP contribution in [0, 0.1) is 0 Å². The lowest BCUT2D eigenvalue weighted by atomic mass is 10.3. The van der Waals surface area contributed by atoms with E-state index in [0.717, 1.165) is 0 Å². The lowest BCUT2D eigenvalue weighted by Crippen LogP contribution is -2.53. The first-order chi connectivity index (χ1) is 11.7. The minimum Gasteiger partial charge on any atom is -0.544 e. The van der Waals surface area contributed by atoms with E-state index in [1.165, 1.54) is 42.0 Å². The maximum Gasteiger partial charge on any atom is 0.242 e. The van der Waals surface area contributed by atoms with Crippen molar-refractivity contribution in [3.05, 3.63) is 18.2 Å². The van der Waals surface area contributed by atoms with E-state index in [0.29, 0.717) is 0 Å². The molecule has 0 saturated carbocycles. The van der Waals surface area contributed by atoms with Crippen LogP contribution >= 0.6 is 0 Å². The van der Waals surface area contributed by atoms with Crippen molar-refractivity contribution < 1.29 is 4.43 Å². The fourth-order valence-electron chi connectivity index (χ4n) is 4.38. The second kappa shape index (κ2) is 9.05. The molecule has 0 aliphatic heterocycles. The summed E-state index contributed by atoms with van der Waals surface area (Å²) < 4.78 is 6.60. The predicted molar refractivity (Wildman–Crippen MR) is 124 cm³/mol. The molecule has 25 heavy (non-hydrogen) atoms. The van der Waals surface area contributed by atoms with Gasteiger partial charge < -0.3 is 4.43 Å². The van der Waals surface area contributed by atoms with Crippen LogP contribution in [-0.2, 0) is 0 Å². The molecule has 0 aliphatic carbocycles. The summed E-state index contributed by atoms with van der Waals surface area (Å²) in [6, 6.07) is 15.5. The molecule has 144 valence electrons. The highest BCUT2D eigenvalue weighted by molar-refractivity contribution is 6.95. The Morgan fingerprint density at radius 1 is 0.680 bits per heavy atom. The molecule has 0 N–H and O–H groups in total. The predicted octanol–water partition coefficient (Wildman–Crippen LogP) is 6.33. The van der Waals surface area contributed by atoms with Crippen LogP contribution in [0.15, 0.2) is 18.2 Å². The molecule has 0 saturated heterocycles. The van der Waals surface area contributed by atoms with E-state index in [2.05, 4.69) is 79.4 Å². The van der Waals surface area contributed by atoms with E-state index in [9.17, 15) is 0 Å². The summed E-state index contributed by atoms with van der Waals surface area (Å²) in [6.07, 6.45) is 0. The zero-order valence-electron chi connectivity index (χ0n) is 18.4. The van der Waals surface area contributed by atoms with Gasteiger partial charge in [0.2, 0.25) is 8.32 Å². The third-order valence-electron chi connectivity index (χ3n) is 6.64. The van der Waals surface area contributed by atoms with Crippen molar-refractivity contribution in [1.82, 2.24) is 0 Å². The summed E-state index contributed by atoms with van der Waals surface area (Å²) in [5.41, 5.74) is 0. The lowest BCUT2D eigenvalue weighted by molar-refractivity contribution is 0.561. The molecule has 4 heteroatoms. The van der Waals surface area contributed by atoms with Gasteiger partial charge in [-0.05, 0) is 30.9 Å². The van der Waals surface area contributed by atoms with E-state index in [1.807, 2.05) is 0 Å². The van der Waals surface area contributed by atoms with Gasteiger partial charge in [-0.15, -0.1) is 0 Å². The number of hydrogen-bond donors (Lipinski definition) is 0. The molecule has 1 nitrogen and oxygen atoms in total. The van der Waals surface area contributed by atoms with Crippen LogP contribution in [0.1, 0.15) is 41.5 Å². The van der Waals surface area contributed by atoms with Crippen LogP contribution in [0.25, 0.3) is 0 Å². The molecule has 0 spiro atoms. The first-order valence-corrected chi connectivity index (χ1v) is 19.2. The van der Waals surface area contributed by atoms with Crippen LogP contribution in [0.2, 0.25) is 55.9 Å². The molecule has 0 unspecified atom stereocenters. The highest BCUT2D eigenvalue weighted by Gasteiger charge is 2.36. The molecular formula is C21H42OSi3. The van der Waals surface area contributed by atoms with Crippen molar-refractivity contribution in [2.24, 2.45) is 0 Å². The molecule has 0 aromatic heterocycles. The van der Waals surface area contributed by atoms with Gasteiger partial charge in [-0.25, -0.2) is 0 Å². The van der Waals surface area contributed by atoms with Gasteiger partial charge in [0, 0.05) is 0 Å². The molecule has 1 aromatic carbocycles. The third kappa shape index (κ3) is 4.89. The third-order valence-corrected chi connectivity index (χ3v) is 18.7. The Balaban J connectivity index is 3.63. The zero-order valence-corrected chi connectivity index (χ0v) is 21.4. The second-order valence-electron chi connectivity index (χ2n) is 8.61. The largest absolute Gasteiger partial charge is 0.544 e. The molecule has 0 amide bonds. The smallest absolute Gasteiger partial charge is 0.242 e. The molecule has 0 heterocycles. The molecule has 0 aliphatic rings. The average Bonchev–Trinajstić information content (AvgIpc) is 2.59. The fraction of sp³-hybridized carbons (Fsp3) is 0.714. The van der Waals surface area contributed by atoms with Crippen molar-refractivity contribution in [2.75, 3.05) is 0 Å². The summed E-state index contributed by atoms with van der Waals surface area (Å²) in [5.74, 6) is 1.23. The highest BCUT2D eigenvalue weighted by atomic mass is 28.4. The minimum atomic E-state index is -1.60. The Morgan fingerprint density at radius 2 is 1.12 bits per heavy atom. The van der Waals surface area contributed by atoms with Crippen LogP contribution in [-0.4, -0.2) is 24.5 Å². The molecule has 0 fully saturated rings. The second-order valence-corrected chi connectivity index (χ2v) is 23.5. The van der Waals surface area contributed by atoms with Crippen LogP contribution in [0.3, 0.4) is 0 Å². The van der Waals surface area contributed by atoms with E-state index in [-0.39, 0.29) is 0 Å². The van der Waals surface area contributed by atoms with Gasteiger partial charge in [0.25, 0.3) is 0 Å².